The van der Waals surface area contributed by atoms with Crippen LogP contribution in [-0.4, -0.2) is 54.5 Å². The number of nitrogens with two attached hydrogens (primary N) is 1. The molecule has 0 atom stereocenters. The first-order valence-corrected chi connectivity index (χ1v) is 13.7. The number of hydrogen-bond acceptors (Lipinski definition) is 7. The summed E-state index contributed by atoms with van der Waals surface area (Å²) in [6.45, 7) is 4.40. The third-order valence-corrected chi connectivity index (χ3v) is 5.21. The van der Waals surface area contributed by atoms with Crippen LogP contribution < -0.4 is 21.8 Å². The highest BCUT2D eigenvalue weighted by atomic mass is 32.2. The number of nitrogens with one attached hydrogen (secondary N) is 4. The van der Waals surface area contributed by atoms with Gasteiger partial charge in [-0.3, -0.25) is 29.6 Å². The molecule has 0 aliphatic heterocycles. The van der Waals surface area contributed by atoms with E-state index in [0.717, 1.165) is 0 Å². The molecule has 0 aliphatic rings. The number of carbonyl (C=O) groups is 3. The molecule has 3 aromatic carbocycles. The molecule has 8 N–H and O–H groups in total. The average Bonchev–Trinajstić information content (AvgIpc) is 2.90. The van der Waals surface area contributed by atoms with Crippen molar-refractivity contribution in [3.05, 3.63) is 89.0 Å². The van der Waals surface area contributed by atoms with E-state index in [0.29, 0.717) is 35.2 Å². The Labute approximate surface area is 231 Å². The van der Waals surface area contributed by atoms with Crippen LogP contribution in [0.15, 0.2) is 66.7 Å². The molecule has 0 heterocycles. The van der Waals surface area contributed by atoms with Crippen molar-refractivity contribution in [1.82, 2.24) is 10.8 Å². The number of hydrogen-bond donors (Lipinski definition) is 7. The maximum absolute atomic E-state index is 13.1. The molecule has 0 bridgehead atoms. The Morgan fingerprint density at radius 3 is 1.98 bits per heavy atom. The summed E-state index contributed by atoms with van der Waals surface area (Å²) in [7, 11) is -3.67. The van der Waals surface area contributed by atoms with Crippen LogP contribution >= 0.6 is 0 Å². The summed E-state index contributed by atoms with van der Waals surface area (Å²) in [5.41, 5.74) is 9.50. The molecule has 0 saturated heterocycles. The fourth-order valence-electron chi connectivity index (χ4n) is 3.41. The van der Waals surface area contributed by atoms with Crippen molar-refractivity contribution in [2.75, 3.05) is 18.1 Å². The fourth-order valence-corrected chi connectivity index (χ4v) is 3.41. The van der Waals surface area contributed by atoms with Gasteiger partial charge in [0.2, 0.25) is 0 Å². The largest absolute Gasteiger partial charge is 0.384 e. The molecule has 0 aromatic heterocycles. The van der Waals surface area contributed by atoms with Crippen LogP contribution in [0.25, 0.3) is 11.1 Å². The minimum absolute atomic E-state index is 0.0377. The van der Waals surface area contributed by atoms with Crippen molar-refractivity contribution < 1.29 is 32.6 Å². The molecule has 0 radical (unpaired) electrons. The SMILES string of the molecule is CC(C)CNC(=O)c1ccc(-c2ccccc2C(=O)Nc2ccc(C(=N)N)cc2)c(C(=O)NO)c1.CS(=O)(=O)O. The average molecular weight is 570 g/mol. The summed E-state index contributed by atoms with van der Waals surface area (Å²) >= 11 is 0. The number of nitrogen functional groups attached to an aromatic ring is 1. The van der Waals surface area contributed by atoms with Gasteiger partial charge in [-0.2, -0.15) is 8.42 Å². The molecule has 3 aromatic rings. The van der Waals surface area contributed by atoms with Gasteiger partial charge in [-0.15, -0.1) is 0 Å². The molecule has 3 amide bonds. The van der Waals surface area contributed by atoms with Crippen molar-refractivity contribution in [1.29, 1.82) is 5.41 Å². The van der Waals surface area contributed by atoms with Crippen molar-refractivity contribution >= 4 is 39.4 Å². The van der Waals surface area contributed by atoms with Gasteiger partial charge < -0.3 is 16.4 Å². The van der Waals surface area contributed by atoms with Gasteiger partial charge in [0.15, 0.2) is 0 Å². The quantitative estimate of drug-likeness (QED) is 0.0703. The van der Waals surface area contributed by atoms with Crippen LogP contribution in [0.2, 0.25) is 0 Å². The van der Waals surface area contributed by atoms with Crippen LogP contribution in [0.5, 0.6) is 0 Å². The van der Waals surface area contributed by atoms with Gasteiger partial charge in [0.25, 0.3) is 27.8 Å². The number of benzene rings is 3. The molecule has 212 valence electrons. The first-order chi connectivity index (χ1) is 18.7. The number of amides is 3. The van der Waals surface area contributed by atoms with Crippen molar-refractivity contribution in [2.24, 2.45) is 11.7 Å². The Morgan fingerprint density at radius 1 is 0.875 bits per heavy atom. The van der Waals surface area contributed by atoms with Gasteiger partial charge in [-0.25, -0.2) is 5.48 Å². The molecule has 13 heteroatoms. The third-order valence-electron chi connectivity index (χ3n) is 5.21. The standard InChI is InChI=1S/C26H27N5O4.CH4O3S/c1-15(2)14-29-24(32)17-9-12-20(22(13-17)26(34)31-35)19-5-3-4-6-21(19)25(33)30-18-10-7-16(8-11-18)23(27)28;1-5(2,3)4/h3-13,15,35H,14H2,1-2H3,(H3,27,28)(H,29,32)(H,30,33)(H,31,34);1H3,(H,2,3,4). The highest BCUT2D eigenvalue weighted by molar-refractivity contribution is 7.85. The predicted molar refractivity (Wildman–Crippen MR) is 151 cm³/mol. The number of anilines is 1. The Bertz CT molecular complexity index is 1500. The van der Waals surface area contributed by atoms with Crippen LogP contribution in [0.4, 0.5) is 5.69 Å². The molecule has 3 rings (SSSR count). The second-order valence-corrected chi connectivity index (χ2v) is 10.5. The van der Waals surface area contributed by atoms with E-state index in [9.17, 15) is 28.0 Å². The summed E-state index contributed by atoms with van der Waals surface area (Å²) in [6, 6.07) is 17.7. The van der Waals surface area contributed by atoms with E-state index in [-0.39, 0.29) is 34.4 Å². The Balaban J connectivity index is 0.00000103. The first-order valence-electron chi connectivity index (χ1n) is 11.9. The lowest BCUT2D eigenvalue weighted by atomic mass is 9.93. The molecule has 0 saturated carbocycles. The lowest BCUT2D eigenvalue weighted by Gasteiger charge is -2.15. The third kappa shape index (κ3) is 9.62. The summed E-state index contributed by atoms with van der Waals surface area (Å²) in [6.07, 6.45) is 0.715. The van der Waals surface area contributed by atoms with Crippen LogP contribution in [0.3, 0.4) is 0 Å². The summed E-state index contributed by atoms with van der Waals surface area (Å²) in [5.74, 6) is -1.41. The van der Waals surface area contributed by atoms with Crippen molar-refractivity contribution in [3.8, 4) is 11.1 Å². The van der Waals surface area contributed by atoms with E-state index in [1.165, 1.54) is 6.07 Å². The molecule has 0 unspecified atom stereocenters. The maximum Gasteiger partial charge on any atom is 0.275 e. The van der Waals surface area contributed by atoms with E-state index in [2.05, 4.69) is 10.6 Å². The first kappa shape index (κ1) is 31.6. The molecular weight excluding hydrogens is 538 g/mol. The minimum Gasteiger partial charge on any atom is -0.384 e. The lowest BCUT2D eigenvalue weighted by molar-refractivity contribution is 0.0707. The summed E-state index contributed by atoms with van der Waals surface area (Å²) in [5, 5.41) is 22.4. The smallest absolute Gasteiger partial charge is 0.275 e. The Morgan fingerprint density at radius 2 is 1.43 bits per heavy atom. The second kappa shape index (κ2) is 14.0. The molecule has 0 aliphatic carbocycles. The van der Waals surface area contributed by atoms with Crippen molar-refractivity contribution in [3.63, 3.8) is 0 Å². The van der Waals surface area contributed by atoms with E-state index in [1.807, 2.05) is 13.8 Å². The number of rotatable bonds is 8. The topological polar surface area (TPSA) is 212 Å². The molecule has 0 fully saturated rings. The molecule has 40 heavy (non-hydrogen) atoms. The zero-order chi connectivity index (χ0) is 30.0. The molecular formula is C27H31N5O7S. The molecule has 0 spiro atoms. The maximum atomic E-state index is 13.1. The van der Waals surface area contributed by atoms with Crippen LogP contribution in [0.1, 0.15) is 50.5 Å². The summed E-state index contributed by atoms with van der Waals surface area (Å²) < 4.78 is 25.9. The van der Waals surface area contributed by atoms with E-state index >= 15 is 0 Å². The number of amidine groups is 1. The van der Waals surface area contributed by atoms with Crippen LogP contribution in [-0.2, 0) is 10.1 Å². The minimum atomic E-state index is -3.67. The lowest BCUT2D eigenvalue weighted by Crippen LogP contribution is -2.28. The number of hydroxylamine groups is 1. The highest BCUT2D eigenvalue weighted by Gasteiger charge is 2.20. The van der Waals surface area contributed by atoms with Gasteiger partial charge in [0.1, 0.15) is 5.84 Å². The van der Waals surface area contributed by atoms with E-state index in [4.69, 9.17) is 15.7 Å². The zero-order valence-corrected chi connectivity index (χ0v) is 22.9. The predicted octanol–water partition coefficient (Wildman–Crippen LogP) is 2.90. The van der Waals surface area contributed by atoms with Crippen LogP contribution in [0, 0.1) is 11.3 Å². The number of carbonyl (C=O) groups excluding carboxylic acids is 3. The zero-order valence-electron chi connectivity index (χ0n) is 22.1. The van der Waals surface area contributed by atoms with E-state index in [1.54, 1.807) is 66.1 Å². The fraction of sp³-hybridized carbons (Fsp3) is 0.185. The molecule has 12 nitrogen and oxygen atoms in total. The Kier molecular flexibility index (Phi) is 11.1. The van der Waals surface area contributed by atoms with Crippen molar-refractivity contribution in [2.45, 2.75) is 13.8 Å². The van der Waals surface area contributed by atoms with Gasteiger partial charge >= 0.3 is 0 Å². The second-order valence-electron chi connectivity index (χ2n) is 9.03. The van der Waals surface area contributed by atoms with Gasteiger partial charge in [0, 0.05) is 28.9 Å². The monoisotopic (exact) mass is 569 g/mol. The van der Waals surface area contributed by atoms with E-state index < -0.39 is 21.9 Å². The van der Waals surface area contributed by atoms with Gasteiger partial charge in [-0.1, -0.05) is 38.1 Å². The Hall–Kier alpha value is -4.59. The normalized spacial score (nSPS) is 10.7. The summed E-state index contributed by atoms with van der Waals surface area (Å²) in [4.78, 5) is 38.1. The van der Waals surface area contributed by atoms with Gasteiger partial charge in [-0.05, 0) is 59.5 Å². The van der Waals surface area contributed by atoms with Gasteiger partial charge in [0.05, 0.1) is 11.8 Å². The highest BCUT2D eigenvalue weighted by Crippen LogP contribution is 2.29.